The zero-order chi connectivity index (χ0) is 33.6. The molecule has 4 heterocycles. The summed E-state index contributed by atoms with van der Waals surface area (Å²) in [5.74, 6) is -0.778. The number of carbonyl (C=O) groups is 1. The largest absolute Gasteiger partial charge is 0.494 e. The number of carbonyl (C=O) groups excluding carboxylic acids is 1. The van der Waals surface area contributed by atoms with Gasteiger partial charge in [-0.25, -0.2) is 23.8 Å². The van der Waals surface area contributed by atoms with Gasteiger partial charge in [0.05, 0.1) is 36.8 Å². The molecule has 3 saturated heterocycles. The van der Waals surface area contributed by atoms with Crippen molar-refractivity contribution in [3.05, 3.63) is 72.6 Å². The maximum absolute atomic E-state index is 14.7. The molecule has 13 heteroatoms. The van der Waals surface area contributed by atoms with Crippen molar-refractivity contribution in [2.24, 2.45) is 0 Å². The molecule has 256 valence electrons. The second-order valence-corrected chi connectivity index (χ2v) is 12.4. The minimum Gasteiger partial charge on any atom is -0.494 e. The lowest BCUT2D eigenvalue weighted by Crippen LogP contribution is -2.53. The molecule has 2 N–H and O–H groups in total. The Kier molecular flexibility index (Phi) is 10.7. The molecule has 3 aliphatic heterocycles. The molecule has 0 spiro atoms. The van der Waals surface area contributed by atoms with Crippen LogP contribution < -0.4 is 25.3 Å². The summed E-state index contributed by atoms with van der Waals surface area (Å²) in [6.07, 6.45) is 6.34. The van der Waals surface area contributed by atoms with E-state index < -0.39 is 17.7 Å². The maximum atomic E-state index is 14.7. The number of aromatic nitrogens is 2. The van der Waals surface area contributed by atoms with Crippen molar-refractivity contribution < 1.29 is 23.1 Å². The minimum absolute atomic E-state index is 0.194. The number of piperazine rings is 1. The summed E-state index contributed by atoms with van der Waals surface area (Å²) in [7, 11) is 1.60. The highest BCUT2D eigenvalue weighted by molar-refractivity contribution is 6.02. The number of nitrogens with one attached hydrogen (secondary N) is 2. The summed E-state index contributed by atoms with van der Waals surface area (Å²) >= 11 is 0. The fourth-order valence-electron chi connectivity index (χ4n) is 6.95. The van der Waals surface area contributed by atoms with E-state index >= 15 is 0 Å². The number of amides is 1. The molecule has 1 atom stereocenters. The highest BCUT2D eigenvalue weighted by Crippen LogP contribution is 2.41. The van der Waals surface area contributed by atoms with Gasteiger partial charge in [0.1, 0.15) is 17.9 Å². The van der Waals surface area contributed by atoms with Crippen LogP contribution in [0.3, 0.4) is 0 Å². The van der Waals surface area contributed by atoms with Crippen molar-refractivity contribution in [3.8, 4) is 5.75 Å². The Morgan fingerprint density at radius 2 is 1.85 bits per heavy atom. The Balaban J connectivity index is 1.20. The van der Waals surface area contributed by atoms with Crippen LogP contribution in [0.5, 0.6) is 5.75 Å². The van der Waals surface area contributed by atoms with E-state index in [1.165, 1.54) is 36.5 Å². The molecule has 0 radical (unpaired) electrons. The maximum Gasteiger partial charge on any atom is 0.247 e. The molecule has 6 rings (SSSR count). The number of rotatable bonds is 11. The molecule has 1 amide bonds. The normalized spacial score (nSPS) is 19.4. The first kappa shape index (κ1) is 33.6. The molecule has 11 nitrogen and oxygen atoms in total. The van der Waals surface area contributed by atoms with Crippen LogP contribution in [0.2, 0.25) is 0 Å². The van der Waals surface area contributed by atoms with E-state index in [1.54, 1.807) is 19.2 Å². The Hall–Kier alpha value is -4.33. The van der Waals surface area contributed by atoms with E-state index in [4.69, 9.17) is 9.57 Å². The fraction of sp³-hybridized carbons (Fsp3) is 0.457. The van der Waals surface area contributed by atoms with Gasteiger partial charge in [0.25, 0.3) is 0 Å². The average Bonchev–Trinajstić information content (AvgIpc) is 3.60. The van der Waals surface area contributed by atoms with Gasteiger partial charge in [-0.1, -0.05) is 25.6 Å². The summed E-state index contributed by atoms with van der Waals surface area (Å²) < 4.78 is 34.5. The first-order chi connectivity index (χ1) is 23.4. The van der Waals surface area contributed by atoms with Crippen LogP contribution in [0.1, 0.15) is 44.2 Å². The first-order valence-electron chi connectivity index (χ1n) is 16.7. The number of hydroxylamine groups is 1. The fourth-order valence-corrected chi connectivity index (χ4v) is 6.95. The Bertz CT molecular complexity index is 1590. The number of anilines is 5. The highest BCUT2D eigenvalue weighted by atomic mass is 19.2. The topological polar surface area (TPSA) is 98.3 Å². The number of hydrogen-bond acceptors (Lipinski definition) is 10. The van der Waals surface area contributed by atoms with Crippen LogP contribution in [0, 0.1) is 11.6 Å². The van der Waals surface area contributed by atoms with Gasteiger partial charge in [0.2, 0.25) is 5.91 Å². The number of piperidine rings is 1. The number of ether oxygens (including phenoxy) is 1. The molecule has 3 aromatic rings. The second kappa shape index (κ2) is 15.3. The van der Waals surface area contributed by atoms with E-state index in [9.17, 15) is 13.6 Å². The molecular weight excluding hydrogens is 618 g/mol. The van der Waals surface area contributed by atoms with Crippen molar-refractivity contribution >= 4 is 34.6 Å². The second-order valence-electron chi connectivity index (χ2n) is 12.4. The van der Waals surface area contributed by atoms with Crippen molar-refractivity contribution in [3.63, 3.8) is 0 Å². The molecule has 3 aliphatic rings. The molecule has 2 aromatic carbocycles. The van der Waals surface area contributed by atoms with Gasteiger partial charge in [0, 0.05) is 69.4 Å². The number of nitrogens with zero attached hydrogens (tertiary/aromatic N) is 6. The van der Waals surface area contributed by atoms with Crippen molar-refractivity contribution in [2.45, 2.75) is 44.7 Å². The van der Waals surface area contributed by atoms with Crippen molar-refractivity contribution in [2.75, 3.05) is 80.1 Å². The third kappa shape index (κ3) is 7.38. The smallest absolute Gasteiger partial charge is 0.247 e. The lowest BCUT2D eigenvalue weighted by Gasteiger charge is -2.43. The molecule has 1 aromatic heterocycles. The molecule has 48 heavy (non-hydrogen) atoms. The Labute approximate surface area is 280 Å². The first-order valence-corrected chi connectivity index (χ1v) is 16.7. The van der Waals surface area contributed by atoms with Crippen LogP contribution in [0.25, 0.3) is 0 Å². The molecular formula is C35H44F2N8O3. The van der Waals surface area contributed by atoms with Crippen LogP contribution in [0.15, 0.2) is 55.4 Å². The van der Waals surface area contributed by atoms with Gasteiger partial charge >= 0.3 is 0 Å². The monoisotopic (exact) mass is 662 g/mol. The van der Waals surface area contributed by atoms with Gasteiger partial charge in [-0.2, -0.15) is 0 Å². The van der Waals surface area contributed by atoms with E-state index in [0.29, 0.717) is 47.8 Å². The lowest BCUT2D eigenvalue weighted by molar-refractivity contribution is -0.111. The third-order valence-corrected chi connectivity index (χ3v) is 9.42. The standard InChI is InChI=1S/C35H44F2N8O3/c1-4-12-42-15-17-43(18-16-42)24-9-13-44(14-10-24)30-21-31(47-3)28(20-27(30)41-34(46)5-2)40-32-22-33(39-23-38-32)45-29(11-19-48-45)25-7-6-8-26(36)35(25)37/h5-8,20-24,29H,2,4,9-19H2,1,3H3,(H,41,46)(H,38,39,40). The molecule has 0 bridgehead atoms. The summed E-state index contributed by atoms with van der Waals surface area (Å²) in [4.78, 5) is 34.6. The van der Waals surface area contributed by atoms with E-state index in [-0.39, 0.29) is 11.5 Å². The van der Waals surface area contributed by atoms with Gasteiger partial charge in [-0.05, 0) is 44.0 Å². The predicted molar refractivity (Wildman–Crippen MR) is 183 cm³/mol. The van der Waals surface area contributed by atoms with Gasteiger partial charge < -0.3 is 25.2 Å². The van der Waals surface area contributed by atoms with Crippen LogP contribution in [-0.4, -0.2) is 91.2 Å². The van der Waals surface area contributed by atoms with E-state index in [1.807, 2.05) is 12.1 Å². The zero-order valence-electron chi connectivity index (χ0n) is 27.6. The Morgan fingerprint density at radius 3 is 2.58 bits per heavy atom. The summed E-state index contributed by atoms with van der Waals surface area (Å²) in [5.41, 5.74) is 2.25. The Morgan fingerprint density at radius 1 is 1.06 bits per heavy atom. The quantitative estimate of drug-likeness (QED) is 0.256. The van der Waals surface area contributed by atoms with Crippen LogP contribution >= 0.6 is 0 Å². The predicted octanol–water partition coefficient (Wildman–Crippen LogP) is 5.51. The van der Waals surface area contributed by atoms with Gasteiger partial charge in [-0.15, -0.1) is 0 Å². The summed E-state index contributed by atoms with van der Waals surface area (Å²) in [6, 6.07) is 9.52. The summed E-state index contributed by atoms with van der Waals surface area (Å²) in [5, 5.41) is 7.75. The molecule has 3 fully saturated rings. The minimum atomic E-state index is -0.912. The van der Waals surface area contributed by atoms with Crippen molar-refractivity contribution in [1.29, 1.82) is 0 Å². The van der Waals surface area contributed by atoms with Crippen LogP contribution in [0.4, 0.5) is 37.5 Å². The zero-order valence-corrected chi connectivity index (χ0v) is 27.6. The molecule has 0 saturated carbocycles. The van der Waals surface area contributed by atoms with Gasteiger partial charge in [-0.3, -0.25) is 14.5 Å². The highest BCUT2D eigenvalue weighted by Gasteiger charge is 2.33. The number of halogens is 2. The SMILES string of the molecule is C=CC(=O)Nc1cc(Nc2cc(N3OCCC3c3cccc(F)c3F)ncn2)c(OC)cc1N1CCC(N2CCN(CCC)CC2)CC1. The molecule has 0 aliphatic carbocycles. The number of benzene rings is 2. The summed E-state index contributed by atoms with van der Waals surface area (Å²) in [6.45, 7) is 13.5. The van der Waals surface area contributed by atoms with E-state index in [0.717, 1.165) is 63.9 Å². The van der Waals surface area contributed by atoms with Gasteiger partial charge in [0.15, 0.2) is 17.5 Å². The van der Waals surface area contributed by atoms with Crippen LogP contribution in [-0.2, 0) is 9.63 Å². The average molecular weight is 663 g/mol. The third-order valence-electron chi connectivity index (χ3n) is 9.42. The van der Waals surface area contributed by atoms with Crippen molar-refractivity contribution in [1.82, 2.24) is 19.8 Å². The van der Waals surface area contributed by atoms with E-state index in [2.05, 4.69) is 48.8 Å². The number of methoxy groups -OCH3 is 1. The molecule has 1 unspecified atom stereocenters. The number of hydrogen-bond donors (Lipinski definition) is 2. The lowest BCUT2D eigenvalue weighted by atomic mass is 10.0.